The third-order valence-electron chi connectivity index (χ3n) is 4.05. The zero-order valence-electron chi connectivity index (χ0n) is 11.5. The summed E-state index contributed by atoms with van der Waals surface area (Å²) in [6.07, 6.45) is 9.19. The van der Waals surface area contributed by atoms with E-state index in [0.717, 1.165) is 17.9 Å². The number of methoxy groups -OCH3 is 1. The maximum atomic E-state index is 13.7. The van der Waals surface area contributed by atoms with Crippen molar-refractivity contribution in [1.29, 1.82) is 0 Å². The number of hydrogen-bond donors (Lipinski definition) is 0. The zero-order valence-corrected chi connectivity index (χ0v) is 13.1. The van der Waals surface area contributed by atoms with Gasteiger partial charge in [-0.05, 0) is 30.0 Å². The van der Waals surface area contributed by atoms with Crippen LogP contribution in [0.15, 0.2) is 18.2 Å². The highest BCUT2D eigenvalue weighted by Gasteiger charge is 2.18. The molecule has 19 heavy (non-hydrogen) atoms. The summed E-state index contributed by atoms with van der Waals surface area (Å²) in [4.78, 5) is 0.246. The normalized spacial score (nSPS) is 18.9. The summed E-state index contributed by atoms with van der Waals surface area (Å²) < 4.78 is 18.7. The van der Waals surface area contributed by atoms with Gasteiger partial charge in [0, 0.05) is 4.83 Å². The molecule has 3 heteroatoms. The van der Waals surface area contributed by atoms with Crippen molar-refractivity contribution in [3.8, 4) is 5.75 Å². The van der Waals surface area contributed by atoms with Crippen LogP contribution in [0, 0.1) is 11.7 Å². The van der Waals surface area contributed by atoms with Crippen LogP contribution in [0.3, 0.4) is 0 Å². The maximum Gasteiger partial charge on any atom is 0.165 e. The number of ether oxygens (including phenoxy) is 1. The molecule has 1 nitrogen and oxygen atoms in total. The van der Waals surface area contributed by atoms with Crippen molar-refractivity contribution in [1.82, 2.24) is 0 Å². The zero-order chi connectivity index (χ0) is 13.7. The fourth-order valence-corrected chi connectivity index (χ4v) is 3.72. The van der Waals surface area contributed by atoms with Crippen molar-refractivity contribution in [2.45, 2.75) is 49.8 Å². The Bertz CT molecular complexity index is 400. The Morgan fingerprint density at radius 2 is 1.95 bits per heavy atom. The van der Waals surface area contributed by atoms with Gasteiger partial charge in [0.15, 0.2) is 11.6 Å². The van der Waals surface area contributed by atoms with Crippen molar-refractivity contribution < 1.29 is 9.13 Å². The van der Waals surface area contributed by atoms with Gasteiger partial charge in [-0.15, -0.1) is 0 Å². The van der Waals surface area contributed by atoms with Gasteiger partial charge in [0.25, 0.3) is 0 Å². The predicted molar refractivity (Wildman–Crippen MR) is 80.4 cm³/mol. The number of hydrogen-bond acceptors (Lipinski definition) is 1. The Labute approximate surface area is 123 Å². The molecule has 1 aromatic rings. The van der Waals surface area contributed by atoms with Gasteiger partial charge >= 0.3 is 0 Å². The van der Waals surface area contributed by atoms with E-state index in [0.29, 0.717) is 5.75 Å². The molecule has 1 saturated carbocycles. The highest BCUT2D eigenvalue weighted by molar-refractivity contribution is 9.09. The Hall–Kier alpha value is -0.570. The molecule has 1 unspecified atom stereocenters. The van der Waals surface area contributed by atoms with Gasteiger partial charge in [-0.25, -0.2) is 4.39 Å². The molecule has 0 N–H and O–H groups in total. The molecular weight excluding hydrogens is 307 g/mol. The molecule has 0 heterocycles. The minimum absolute atomic E-state index is 0.246. The molecule has 1 atom stereocenters. The first kappa shape index (κ1) is 14.8. The summed E-state index contributed by atoms with van der Waals surface area (Å²) in [5, 5.41) is 0. The van der Waals surface area contributed by atoms with Crippen molar-refractivity contribution in [2.24, 2.45) is 5.92 Å². The molecule has 1 aromatic carbocycles. The van der Waals surface area contributed by atoms with Gasteiger partial charge < -0.3 is 4.74 Å². The summed E-state index contributed by atoms with van der Waals surface area (Å²) >= 11 is 3.72. The standard InChI is InChI=1S/C16H22BrFO/c1-19-16-9-8-13(11-15(16)18)14(17)10-12-6-4-2-3-5-7-12/h8-9,11-12,14H,2-7,10H2,1H3. The third kappa shape index (κ3) is 4.20. The molecule has 0 radical (unpaired) electrons. The van der Waals surface area contributed by atoms with Crippen LogP contribution in [0.4, 0.5) is 4.39 Å². The monoisotopic (exact) mass is 328 g/mol. The van der Waals surface area contributed by atoms with Crippen molar-refractivity contribution in [2.75, 3.05) is 7.11 Å². The lowest BCUT2D eigenvalue weighted by Crippen LogP contribution is -2.03. The minimum atomic E-state index is -0.273. The van der Waals surface area contributed by atoms with E-state index in [4.69, 9.17) is 4.74 Å². The quantitative estimate of drug-likeness (QED) is 0.514. The maximum absolute atomic E-state index is 13.7. The van der Waals surface area contributed by atoms with Crippen LogP contribution in [-0.4, -0.2) is 7.11 Å². The van der Waals surface area contributed by atoms with E-state index in [1.807, 2.05) is 6.07 Å². The first-order valence-corrected chi connectivity index (χ1v) is 8.09. The van der Waals surface area contributed by atoms with Crippen LogP contribution in [0.2, 0.25) is 0 Å². The van der Waals surface area contributed by atoms with Crippen LogP contribution < -0.4 is 4.74 Å². The molecule has 0 bridgehead atoms. The molecule has 0 amide bonds. The van der Waals surface area contributed by atoms with E-state index in [1.54, 1.807) is 12.1 Å². The highest BCUT2D eigenvalue weighted by atomic mass is 79.9. The molecule has 0 saturated heterocycles. The summed E-state index contributed by atoms with van der Waals surface area (Å²) in [6, 6.07) is 5.26. The lowest BCUT2D eigenvalue weighted by Gasteiger charge is -2.18. The van der Waals surface area contributed by atoms with Gasteiger partial charge in [-0.2, -0.15) is 0 Å². The topological polar surface area (TPSA) is 9.23 Å². The number of benzene rings is 1. The lowest BCUT2D eigenvalue weighted by atomic mass is 9.93. The molecule has 1 aliphatic rings. The molecule has 0 aliphatic heterocycles. The van der Waals surface area contributed by atoms with Crippen LogP contribution in [0.1, 0.15) is 55.3 Å². The predicted octanol–water partition coefficient (Wildman–Crippen LogP) is 5.63. The summed E-state index contributed by atoms with van der Waals surface area (Å²) in [7, 11) is 1.50. The second kappa shape index (κ2) is 7.28. The summed E-state index contributed by atoms with van der Waals surface area (Å²) in [5.41, 5.74) is 1.02. The Balaban J connectivity index is 1.98. The average molecular weight is 329 g/mol. The van der Waals surface area contributed by atoms with E-state index in [-0.39, 0.29) is 10.6 Å². The van der Waals surface area contributed by atoms with Crippen LogP contribution in [0.5, 0.6) is 5.75 Å². The first-order valence-electron chi connectivity index (χ1n) is 7.18. The van der Waals surface area contributed by atoms with Crippen molar-refractivity contribution in [3.63, 3.8) is 0 Å². The van der Waals surface area contributed by atoms with Gasteiger partial charge in [0.05, 0.1) is 7.11 Å². The Kier molecular flexibility index (Phi) is 5.68. The van der Waals surface area contributed by atoms with E-state index in [1.165, 1.54) is 45.6 Å². The Morgan fingerprint density at radius 3 is 2.53 bits per heavy atom. The van der Waals surface area contributed by atoms with Crippen LogP contribution in [-0.2, 0) is 0 Å². The van der Waals surface area contributed by atoms with E-state index >= 15 is 0 Å². The van der Waals surface area contributed by atoms with E-state index < -0.39 is 0 Å². The van der Waals surface area contributed by atoms with Gasteiger partial charge in [-0.3, -0.25) is 0 Å². The van der Waals surface area contributed by atoms with Crippen molar-refractivity contribution >= 4 is 15.9 Å². The minimum Gasteiger partial charge on any atom is -0.494 e. The second-order valence-electron chi connectivity index (χ2n) is 5.45. The lowest BCUT2D eigenvalue weighted by molar-refractivity contribution is 0.385. The van der Waals surface area contributed by atoms with Gasteiger partial charge in [0.1, 0.15) is 0 Å². The largest absolute Gasteiger partial charge is 0.494 e. The van der Waals surface area contributed by atoms with Crippen LogP contribution >= 0.6 is 15.9 Å². The summed E-state index contributed by atoms with van der Waals surface area (Å²) in [6.45, 7) is 0. The molecule has 0 spiro atoms. The molecule has 106 valence electrons. The smallest absolute Gasteiger partial charge is 0.165 e. The molecule has 0 aromatic heterocycles. The Morgan fingerprint density at radius 1 is 1.26 bits per heavy atom. The van der Waals surface area contributed by atoms with Gasteiger partial charge in [0.2, 0.25) is 0 Å². The fourth-order valence-electron chi connectivity index (χ4n) is 2.91. The van der Waals surface area contributed by atoms with E-state index in [2.05, 4.69) is 15.9 Å². The number of rotatable bonds is 4. The molecular formula is C16H22BrFO. The average Bonchev–Trinajstić information content (AvgIpc) is 2.67. The van der Waals surface area contributed by atoms with E-state index in [9.17, 15) is 4.39 Å². The second-order valence-corrected chi connectivity index (χ2v) is 6.56. The molecule has 1 fully saturated rings. The van der Waals surface area contributed by atoms with Crippen LogP contribution in [0.25, 0.3) is 0 Å². The SMILES string of the molecule is COc1ccc(C(Br)CC2CCCCCC2)cc1F. The molecule has 2 rings (SSSR count). The molecule has 1 aliphatic carbocycles. The number of halogens is 2. The first-order chi connectivity index (χ1) is 9.20. The third-order valence-corrected chi connectivity index (χ3v) is 4.96. The summed E-state index contributed by atoms with van der Waals surface area (Å²) in [5.74, 6) is 0.820. The fraction of sp³-hybridized carbons (Fsp3) is 0.625. The van der Waals surface area contributed by atoms with Crippen molar-refractivity contribution in [3.05, 3.63) is 29.6 Å². The highest BCUT2D eigenvalue weighted by Crippen LogP contribution is 2.36. The number of alkyl halides is 1. The van der Waals surface area contributed by atoms with Gasteiger partial charge in [-0.1, -0.05) is 60.5 Å².